The molecule has 4 heteroatoms. The summed E-state index contributed by atoms with van der Waals surface area (Å²) in [5.74, 6) is 1.35. The fourth-order valence-corrected chi connectivity index (χ4v) is 2.57. The summed E-state index contributed by atoms with van der Waals surface area (Å²) in [6, 6.07) is 0.135. The maximum Gasteiger partial charge on any atom is 0.222 e. The second kappa shape index (κ2) is 5.61. The van der Waals surface area contributed by atoms with Crippen LogP contribution in [0.3, 0.4) is 0 Å². The molecule has 1 aliphatic heterocycles. The molecular formula is C10H20N2OS. The van der Waals surface area contributed by atoms with Gasteiger partial charge in [-0.05, 0) is 13.3 Å². The van der Waals surface area contributed by atoms with Crippen LogP contribution in [-0.2, 0) is 4.79 Å². The zero-order valence-corrected chi connectivity index (χ0v) is 9.85. The summed E-state index contributed by atoms with van der Waals surface area (Å²) in [6.07, 6.45) is 1.41. The largest absolute Gasteiger partial charge is 0.341 e. The monoisotopic (exact) mass is 216 g/mol. The quantitative estimate of drug-likeness (QED) is 0.768. The van der Waals surface area contributed by atoms with Crippen LogP contribution in [0.2, 0.25) is 0 Å². The van der Waals surface area contributed by atoms with Crippen molar-refractivity contribution in [2.24, 2.45) is 5.73 Å². The van der Waals surface area contributed by atoms with Crippen LogP contribution in [0.5, 0.6) is 0 Å². The van der Waals surface area contributed by atoms with Crippen LogP contribution in [0.15, 0.2) is 0 Å². The first kappa shape index (κ1) is 11.9. The van der Waals surface area contributed by atoms with E-state index in [0.29, 0.717) is 11.7 Å². The van der Waals surface area contributed by atoms with Gasteiger partial charge in [0.25, 0.3) is 0 Å². The number of nitrogens with two attached hydrogens (primary N) is 1. The molecule has 0 bridgehead atoms. The van der Waals surface area contributed by atoms with E-state index in [0.717, 1.165) is 25.3 Å². The van der Waals surface area contributed by atoms with E-state index in [1.807, 2.05) is 23.6 Å². The minimum absolute atomic E-state index is 0.135. The molecule has 1 amide bonds. The standard InChI is InChI=1S/C10H20N2OS/c1-8(11)3-4-10(13)12-5-6-14-9(2)7-12/h8-9H,3-7,11H2,1-2H3. The highest BCUT2D eigenvalue weighted by atomic mass is 32.2. The lowest BCUT2D eigenvalue weighted by atomic mass is 10.2. The predicted molar refractivity (Wildman–Crippen MR) is 61.4 cm³/mol. The third kappa shape index (κ3) is 3.88. The molecule has 2 unspecified atom stereocenters. The Morgan fingerprint density at radius 1 is 1.71 bits per heavy atom. The van der Waals surface area contributed by atoms with Crippen molar-refractivity contribution in [3.63, 3.8) is 0 Å². The zero-order valence-electron chi connectivity index (χ0n) is 9.03. The van der Waals surface area contributed by atoms with Crippen LogP contribution in [0.1, 0.15) is 26.7 Å². The first-order chi connectivity index (χ1) is 6.59. The normalized spacial score (nSPS) is 24.8. The van der Waals surface area contributed by atoms with Gasteiger partial charge in [-0.1, -0.05) is 6.92 Å². The lowest BCUT2D eigenvalue weighted by molar-refractivity contribution is -0.131. The first-order valence-corrected chi connectivity index (χ1v) is 6.29. The number of rotatable bonds is 3. The molecule has 1 saturated heterocycles. The number of thioether (sulfide) groups is 1. The van der Waals surface area contributed by atoms with Gasteiger partial charge in [0.05, 0.1) is 0 Å². The molecule has 2 atom stereocenters. The summed E-state index contributed by atoms with van der Waals surface area (Å²) in [5.41, 5.74) is 5.62. The molecule has 14 heavy (non-hydrogen) atoms. The second-order valence-corrected chi connectivity index (χ2v) is 5.58. The molecule has 1 heterocycles. The Balaban J connectivity index is 2.29. The summed E-state index contributed by atoms with van der Waals surface area (Å²) < 4.78 is 0. The van der Waals surface area contributed by atoms with Gasteiger partial charge in [-0.15, -0.1) is 0 Å². The van der Waals surface area contributed by atoms with Gasteiger partial charge in [0.1, 0.15) is 0 Å². The van der Waals surface area contributed by atoms with Crippen LogP contribution in [0.4, 0.5) is 0 Å². The molecule has 0 aromatic heterocycles. The molecule has 0 spiro atoms. The molecule has 0 aromatic rings. The van der Waals surface area contributed by atoms with Crippen LogP contribution in [0.25, 0.3) is 0 Å². The molecule has 1 rings (SSSR count). The number of nitrogens with zero attached hydrogens (tertiary/aromatic N) is 1. The highest BCUT2D eigenvalue weighted by Gasteiger charge is 2.20. The van der Waals surface area contributed by atoms with Crippen molar-refractivity contribution in [3.8, 4) is 0 Å². The van der Waals surface area contributed by atoms with Gasteiger partial charge in [-0.3, -0.25) is 4.79 Å². The lowest BCUT2D eigenvalue weighted by Crippen LogP contribution is -2.41. The Kier molecular flexibility index (Phi) is 4.75. The molecule has 1 aliphatic rings. The van der Waals surface area contributed by atoms with E-state index in [4.69, 9.17) is 5.73 Å². The topological polar surface area (TPSA) is 46.3 Å². The van der Waals surface area contributed by atoms with Crippen LogP contribution in [0, 0.1) is 0 Å². The second-order valence-electron chi connectivity index (χ2n) is 4.04. The fourth-order valence-electron chi connectivity index (χ4n) is 1.55. The highest BCUT2D eigenvalue weighted by Crippen LogP contribution is 2.18. The Bertz CT molecular complexity index is 197. The fraction of sp³-hybridized carbons (Fsp3) is 0.900. The predicted octanol–water partition coefficient (Wildman–Crippen LogP) is 1.08. The van der Waals surface area contributed by atoms with Gasteiger partial charge < -0.3 is 10.6 Å². The highest BCUT2D eigenvalue weighted by molar-refractivity contribution is 7.99. The number of carbonyl (C=O) groups is 1. The van der Waals surface area contributed by atoms with Crippen molar-refractivity contribution in [3.05, 3.63) is 0 Å². The smallest absolute Gasteiger partial charge is 0.222 e. The van der Waals surface area contributed by atoms with Crippen molar-refractivity contribution < 1.29 is 4.79 Å². The summed E-state index contributed by atoms with van der Waals surface area (Å²) in [4.78, 5) is 13.7. The molecule has 0 saturated carbocycles. The minimum Gasteiger partial charge on any atom is -0.341 e. The average Bonchev–Trinajstić information content (AvgIpc) is 2.14. The lowest BCUT2D eigenvalue weighted by Gasteiger charge is -2.30. The van der Waals surface area contributed by atoms with E-state index in [-0.39, 0.29) is 11.9 Å². The molecular weight excluding hydrogens is 196 g/mol. The van der Waals surface area contributed by atoms with E-state index >= 15 is 0 Å². The molecule has 3 nitrogen and oxygen atoms in total. The van der Waals surface area contributed by atoms with Crippen molar-refractivity contribution in [1.82, 2.24) is 4.90 Å². The van der Waals surface area contributed by atoms with Gasteiger partial charge >= 0.3 is 0 Å². The molecule has 0 aliphatic carbocycles. The maximum atomic E-state index is 11.7. The molecule has 0 aromatic carbocycles. The number of hydrogen-bond donors (Lipinski definition) is 1. The van der Waals surface area contributed by atoms with Crippen LogP contribution < -0.4 is 5.73 Å². The van der Waals surface area contributed by atoms with Gasteiger partial charge in [-0.25, -0.2) is 0 Å². The third-order valence-corrected chi connectivity index (χ3v) is 3.54. The Morgan fingerprint density at radius 3 is 3.00 bits per heavy atom. The van der Waals surface area contributed by atoms with E-state index in [1.54, 1.807) is 0 Å². The molecule has 1 fully saturated rings. The maximum absolute atomic E-state index is 11.7. The van der Waals surface area contributed by atoms with E-state index < -0.39 is 0 Å². The van der Waals surface area contributed by atoms with Crippen LogP contribution in [-0.4, -0.2) is 40.9 Å². The Labute approximate surface area is 90.4 Å². The molecule has 2 N–H and O–H groups in total. The van der Waals surface area contributed by atoms with Gasteiger partial charge in [0.15, 0.2) is 0 Å². The van der Waals surface area contributed by atoms with E-state index in [2.05, 4.69) is 6.92 Å². The van der Waals surface area contributed by atoms with Crippen molar-refractivity contribution in [2.45, 2.75) is 38.0 Å². The summed E-state index contributed by atoms with van der Waals surface area (Å²) in [6.45, 7) is 5.94. The number of amides is 1. The van der Waals surface area contributed by atoms with Gasteiger partial charge in [0.2, 0.25) is 5.91 Å². The minimum atomic E-state index is 0.135. The third-order valence-electron chi connectivity index (χ3n) is 2.41. The summed E-state index contributed by atoms with van der Waals surface area (Å²) in [5, 5.41) is 0.586. The average molecular weight is 216 g/mol. The van der Waals surface area contributed by atoms with Gasteiger partial charge in [0, 0.05) is 36.6 Å². The summed E-state index contributed by atoms with van der Waals surface area (Å²) >= 11 is 1.95. The molecule has 0 radical (unpaired) electrons. The first-order valence-electron chi connectivity index (χ1n) is 5.24. The van der Waals surface area contributed by atoms with Crippen molar-refractivity contribution >= 4 is 17.7 Å². The van der Waals surface area contributed by atoms with Crippen molar-refractivity contribution in [2.75, 3.05) is 18.8 Å². The summed E-state index contributed by atoms with van der Waals surface area (Å²) in [7, 11) is 0. The number of hydrogen-bond acceptors (Lipinski definition) is 3. The van der Waals surface area contributed by atoms with E-state index in [9.17, 15) is 4.79 Å². The molecule has 82 valence electrons. The SMILES string of the molecule is CC(N)CCC(=O)N1CCSC(C)C1. The number of carbonyl (C=O) groups excluding carboxylic acids is 1. The zero-order chi connectivity index (χ0) is 10.6. The van der Waals surface area contributed by atoms with Crippen LogP contribution >= 0.6 is 11.8 Å². The van der Waals surface area contributed by atoms with Crippen molar-refractivity contribution in [1.29, 1.82) is 0 Å². The Hall–Kier alpha value is -0.220. The van der Waals surface area contributed by atoms with E-state index in [1.165, 1.54) is 0 Å². The van der Waals surface area contributed by atoms with Gasteiger partial charge in [-0.2, -0.15) is 11.8 Å². The Morgan fingerprint density at radius 2 is 2.43 bits per heavy atom.